The highest BCUT2D eigenvalue weighted by Crippen LogP contribution is 2.48. The van der Waals surface area contributed by atoms with E-state index in [0.717, 1.165) is 33.7 Å². The lowest BCUT2D eigenvalue weighted by Crippen LogP contribution is -2.13. The third-order valence-electron chi connectivity index (χ3n) is 4.80. The van der Waals surface area contributed by atoms with Crippen LogP contribution in [-0.4, -0.2) is 12.1 Å². The molecule has 4 rings (SSSR count). The summed E-state index contributed by atoms with van der Waals surface area (Å²) in [5, 5.41) is 0. The van der Waals surface area contributed by atoms with Crippen molar-refractivity contribution >= 4 is 23.0 Å². The number of halogens is 3. The van der Waals surface area contributed by atoms with Crippen LogP contribution in [0.3, 0.4) is 0 Å². The van der Waals surface area contributed by atoms with Gasteiger partial charge in [0.05, 0.1) is 6.10 Å². The lowest BCUT2D eigenvalue weighted by Gasteiger charge is -2.25. The van der Waals surface area contributed by atoms with Crippen LogP contribution in [0.4, 0.5) is 13.2 Å². The number of fused-ring (bicyclic) bond motifs is 2. The van der Waals surface area contributed by atoms with Crippen molar-refractivity contribution in [3.8, 4) is 0 Å². The van der Waals surface area contributed by atoms with E-state index < -0.39 is 11.1 Å². The van der Waals surface area contributed by atoms with E-state index in [-0.39, 0.29) is 11.7 Å². The summed E-state index contributed by atoms with van der Waals surface area (Å²) in [5.41, 5.74) is 4.08. The van der Waals surface area contributed by atoms with Crippen molar-refractivity contribution in [3.05, 3.63) is 66.8 Å². The van der Waals surface area contributed by atoms with Gasteiger partial charge in [0.2, 0.25) is 5.56 Å². The molecule has 2 aliphatic carbocycles. The highest BCUT2D eigenvalue weighted by Gasteiger charge is 2.37. The predicted octanol–water partition coefficient (Wildman–Crippen LogP) is 4.96. The quantitative estimate of drug-likeness (QED) is 0.801. The molecule has 2 aromatic heterocycles. The number of rotatable bonds is 2. The molecule has 0 radical (unpaired) electrons. The number of ether oxygens (including phenoxy) is 1. The first-order valence-electron chi connectivity index (χ1n) is 8.24. The van der Waals surface area contributed by atoms with Crippen molar-refractivity contribution < 1.29 is 17.9 Å². The summed E-state index contributed by atoms with van der Waals surface area (Å²) >= 11 is 0.765. The summed E-state index contributed by atoms with van der Waals surface area (Å²) in [7, 11) is 1.52. The molecule has 0 fully saturated rings. The van der Waals surface area contributed by atoms with Crippen LogP contribution >= 0.6 is 11.3 Å². The number of aromatic nitrogens is 1. The highest BCUT2D eigenvalue weighted by molar-refractivity contribution is 7.12. The summed E-state index contributed by atoms with van der Waals surface area (Å²) in [6.45, 7) is 0. The molecule has 7 heteroatoms. The summed E-state index contributed by atoms with van der Waals surface area (Å²) in [5.74, 6) is 0. The molecule has 2 aromatic rings. The second-order valence-corrected chi connectivity index (χ2v) is 7.47. The first kappa shape index (κ1) is 17.3. The minimum atomic E-state index is -4.36. The van der Waals surface area contributed by atoms with Crippen LogP contribution in [0.2, 0.25) is 0 Å². The van der Waals surface area contributed by atoms with Crippen LogP contribution in [0.25, 0.3) is 11.6 Å². The van der Waals surface area contributed by atoms with Gasteiger partial charge in [-0.1, -0.05) is 6.08 Å². The lowest BCUT2D eigenvalue weighted by molar-refractivity contribution is -0.134. The summed E-state index contributed by atoms with van der Waals surface area (Å²) in [4.78, 5) is 14.3. The maximum absolute atomic E-state index is 13.2. The topological polar surface area (TPSA) is 42.1 Å². The van der Waals surface area contributed by atoms with Gasteiger partial charge in [-0.15, -0.1) is 11.3 Å². The monoisotopic (exact) mass is 379 g/mol. The van der Waals surface area contributed by atoms with E-state index in [1.807, 2.05) is 12.2 Å². The molecule has 0 aromatic carbocycles. The molecule has 2 heterocycles. The lowest BCUT2D eigenvalue weighted by atomic mass is 9.84. The summed E-state index contributed by atoms with van der Waals surface area (Å²) in [6, 6.07) is 4.46. The minimum absolute atomic E-state index is 0.143. The second kappa shape index (κ2) is 6.25. The van der Waals surface area contributed by atoms with Crippen molar-refractivity contribution in [2.45, 2.75) is 31.5 Å². The number of pyridine rings is 1. The number of hydrogen-bond donors (Lipinski definition) is 1. The van der Waals surface area contributed by atoms with Crippen LogP contribution in [-0.2, 0) is 17.3 Å². The molecule has 0 saturated heterocycles. The summed E-state index contributed by atoms with van der Waals surface area (Å²) < 4.78 is 45.0. The van der Waals surface area contributed by atoms with Gasteiger partial charge >= 0.3 is 6.18 Å². The van der Waals surface area contributed by atoms with Gasteiger partial charge in [0.1, 0.15) is 4.88 Å². The Bertz CT molecular complexity index is 981. The average Bonchev–Trinajstić information content (AvgIpc) is 3.06. The molecule has 1 atom stereocenters. The van der Waals surface area contributed by atoms with Crippen LogP contribution in [0.5, 0.6) is 0 Å². The van der Waals surface area contributed by atoms with E-state index in [0.29, 0.717) is 29.7 Å². The molecule has 0 bridgehead atoms. The number of aryl methyl sites for hydroxylation is 1. The van der Waals surface area contributed by atoms with Gasteiger partial charge in [0.25, 0.3) is 0 Å². The maximum atomic E-state index is 13.2. The smallest absolute Gasteiger partial charge is 0.376 e. The van der Waals surface area contributed by atoms with Gasteiger partial charge in [0, 0.05) is 23.7 Å². The molecule has 2 aliphatic rings. The van der Waals surface area contributed by atoms with E-state index >= 15 is 0 Å². The van der Waals surface area contributed by atoms with E-state index in [1.54, 1.807) is 6.07 Å². The van der Waals surface area contributed by atoms with Gasteiger partial charge < -0.3 is 9.72 Å². The SMILES string of the molecule is COC1CC=C(C2=Cc3ccc(=O)[nH]c3CC2)c2cc(C(F)(F)F)sc21. The number of alkyl halides is 3. The fourth-order valence-corrected chi connectivity index (χ4v) is 4.68. The molecule has 1 N–H and O–H groups in total. The Balaban J connectivity index is 1.79. The largest absolute Gasteiger partial charge is 0.425 e. The predicted molar refractivity (Wildman–Crippen MR) is 95.0 cm³/mol. The van der Waals surface area contributed by atoms with Gasteiger partial charge in [-0.2, -0.15) is 13.2 Å². The van der Waals surface area contributed by atoms with Crippen LogP contribution < -0.4 is 5.56 Å². The number of nitrogens with one attached hydrogen (secondary N) is 1. The Morgan fingerprint density at radius 3 is 2.81 bits per heavy atom. The zero-order valence-electron chi connectivity index (χ0n) is 13.9. The second-order valence-electron chi connectivity index (χ2n) is 6.39. The van der Waals surface area contributed by atoms with Gasteiger partial charge in [0.15, 0.2) is 0 Å². The normalized spacial score (nSPS) is 19.5. The van der Waals surface area contributed by atoms with E-state index in [1.165, 1.54) is 19.2 Å². The van der Waals surface area contributed by atoms with Crippen LogP contribution in [0.15, 0.2) is 34.6 Å². The standard InChI is InChI=1S/C19H16F3NO2S/c1-25-15-6-4-12(13-9-16(19(20,21)22)26-18(13)15)10-2-5-14-11(8-10)3-7-17(24)23-14/h3-4,7-9,15H,2,5-6H2,1H3,(H,23,24). The van der Waals surface area contributed by atoms with Crippen LogP contribution in [0, 0.1) is 0 Å². The highest BCUT2D eigenvalue weighted by atomic mass is 32.1. The molecule has 26 heavy (non-hydrogen) atoms. The fourth-order valence-electron chi connectivity index (χ4n) is 3.55. The Labute approximate surface area is 151 Å². The van der Waals surface area contributed by atoms with Crippen molar-refractivity contribution in [1.29, 1.82) is 0 Å². The zero-order chi connectivity index (χ0) is 18.5. The minimum Gasteiger partial charge on any atom is -0.376 e. The Morgan fingerprint density at radius 1 is 1.27 bits per heavy atom. The number of hydrogen-bond acceptors (Lipinski definition) is 3. The molecule has 1 unspecified atom stereocenters. The van der Waals surface area contributed by atoms with Gasteiger partial charge in [-0.25, -0.2) is 0 Å². The van der Waals surface area contributed by atoms with Crippen molar-refractivity contribution in [2.75, 3.05) is 7.11 Å². The molecular formula is C19H16F3NO2S. The number of thiophene rings is 1. The number of aromatic amines is 1. The van der Waals surface area contributed by atoms with E-state index in [9.17, 15) is 18.0 Å². The molecule has 0 aliphatic heterocycles. The molecule has 0 saturated carbocycles. The molecule has 3 nitrogen and oxygen atoms in total. The van der Waals surface area contributed by atoms with E-state index in [2.05, 4.69) is 4.98 Å². The van der Waals surface area contributed by atoms with Gasteiger partial charge in [-0.05, 0) is 59.7 Å². The van der Waals surface area contributed by atoms with Crippen molar-refractivity contribution in [3.63, 3.8) is 0 Å². The van der Waals surface area contributed by atoms with Crippen molar-refractivity contribution in [2.24, 2.45) is 0 Å². The first-order valence-corrected chi connectivity index (χ1v) is 9.06. The summed E-state index contributed by atoms with van der Waals surface area (Å²) in [6.07, 6.45) is 1.10. The number of H-pyrrole nitrogens is 1. The Hall–Kier alpha value is -2.12. The van der Waals surface area contributed by atoms with Crippen LogP contribution in [0.1, 0.15) is 45.5 Å². The molecular weight excluding hydrogens is 363 g/mol. The maximum Gasteiger partial charge on any atom is 0.425 e. The van der Waals surface area contributed by atoms with E-state index in [4.69, 9.17) is 4.74 Å². The molecule has 136 valence electrons. The average molecular weight is 379 g/mol. The van der Waals surface area contributed by atoms with Gasteiger partial charge in [-0.3, -0.25) is 4.79 Å². The third kappa shape index (κ3) is 2.95. The zero-order valence-corrected chi connectivity index (χ0v) is 14.8. The number of methoxy groups -OCH3 is 1. The molecule has 0 amide bonds. The fraction of sp³-hybridized carbons (Fsp3) is 0.316. The number of allylic oxidation sites excluding steroid dienone is 2. The van der Waals surface area contributed by atoms with Crippen molar-refractivity contribution in [1.82, 2.24) is 4.98 Å². The first-order chi connectivity index (χ1) is 12.4. The Kier molecular flexibility index (Phi) is 4.16. The molecule has 0 spiro atoms. The Morgan fingerprint density at radius 2 is 2.08 bits per heavy atom. The third-order valence-corrected chi connectivity index (χ3v) is 6.07.